The number of aromatic nitrogens is 1. The Labute approximate surface area is 82.9 Å². The average molecular weight is 187 g/mol. The van der Waals surface area contributed by atoms with Crippen molar-refractivity contribution in [2.75, 3.05) is 5.43 Å². The molecule has 3 nitrogen and oxygen atoms in total. The largest absolute Gasteiger partial charge is 0.308 e. The highest BCUT2D eigenvalue weighted by molar-refractivity contribution is 5.84. The van der Waals surface area contributed by atoms with Crippen molar-refractivity contribution in [3.63, 3.8) is 0 Å². The summed E-state index contributed by atoms with van der Waals surface area (Å²) in [4.78, 5) is 4.38. The highest BCUT2D eigenvalue weighted by Crippen LogP contribution is 2.20. The molecule has 1 heterocycles. The lowest BCUT2D eigenvalue weighted by molar-refractivity contribution is 1.25. The van der Waals surface area contributed by atoms with Crippen LogP contribution in [-0.4, -0.2) is 4.98 Å². The Morgan fingerprint density at radius 3 is 2.71 bits per heavy atom. The van der Waals surface area contributed by atoms with Crippen molar-refractivity contribution >= 4 is 16.7 Å². The molecule has 0 spiro atoms. The van der Waals surface area contributed by atoms with Crippen LogP contribution in [0.15, 0.2) is 24.3 Å². The number of hydrogen-bond donors (Lipinski definition) is 2. The molecule has 72 valence electrons. The topological polar surface area (TPSA) is 50.9 Å². The molecular weight excluding hydrogens is 174 g/mol. The van der Waals surface area contributed by atoms with Gasteiger partial charge >= 0.3 is 0 Å². The summed E-state index contributed by atoms with van der Waals surface area (Å²) >= 11 is 0. The van der Waals surface area contributed by atoms with Crippen molar-refractivity contribution in [2.45, 2.75) is 13.8 Å². The van der Waals surface area contributed by atoms with Crippen LogP contribution in [0.5, 0.6) is 0 Å². The van der Waals surface area contributed by atoms with E-state index < -0.39 is 0 Å². The van der Waals surface area contributed by atoms with Crippen molar-refractivity contribution in [1.29, 1.82) is 0 Å². The van der Waals surface area contributed by atoms with Gasteiger partial charge in [0.15, 0.2) is 0 Å². The van der Waals surface area contributed by atoms with E-state index in [2.05, 4.69) is 42.5 Å². The SMILES string of the molecule is Cc1ccc2c(C)cc(NN)nc2c1. The molecule has 0 saturated carbocycles. The van der Waals surface area contributed by atoms with E-state index in [0.717, 1.165) is 5.52 Å². The summed E-state index contributed by atoms with van der Waals surface area (Å²) in [7, 11) is 0. The molecule has 0 bridgehead atoms. The van der Waals surface area contributed by atoms with Crippen molar-refractivity contribution in [3.05, 3.63) is 35.4 Å². The van der Waals surface area contributed by atoms with E-state index in [9.17, 15) is 0 Å². The summed E-state index contributed by atoms with van der Waals surface area (Å²) in [5.74, 6) is 6.04. The highest BCUT2D eigenvalue weighted by atomic mass is 15.2. The molecule has 0 radical (unpaired) electrons. The fraction of sp³-hybridized carbons (Fsp3) is 0.182. The van der Waals surface area contributed by atoms with E-state index in [1.54, 1.807) is 0 Å². The Morgan fingerprint density at radius 1 is 1.21 bits per heavy atom. The molecule has 3 heteroatoms. The minimum Gasteiger partial charge on any atom is -0.308 e. The molecule has 3 N–H and O–H groups in total. The maximum absolute atomic E-state index is 5.34. The van der Waals surface area contributed by atoms with Crippen LogP contribution in [0.2, 0.25) is 0 Å². The van der Waals surface area contributed by atoms with Crippen LogP contribution in [-0.2, 0) is 0 Å². The standard InChI is InChI=1S/C11H13N3/c1-7-3-4-9-8(2)6-11(14-12)13-10(9)5-7/h3-6H,12H2,1-2H3,(H,13,14). The van der Waals surface area contributed by atoms with E-state index in [0.29, 0.717) is 5.82 Å². The van der Waals surface area contributed by atoms with Gasteiger partial charge in [-0.05, 0) is 37.1 Å². The summed E-state index contributed by atoms with van der Waals surface area (Å²) in [5.41, 5.74) is 5.94. The lowest BCUT2D eigenvalue weighted by Crippen LogP contribution is -2.08. The predicted molar refractivity (Wildman–Crippen MR) is 59.0 cm³/mol. The summed E-state index contributed by atoms with van der Waals surface area (Å²) in [6.07, 6.45) is 0. The first kappa shape index (κ1) is 8.97. The number of anilines is 1. The number of nitrogens with zero attached hydrogens (tertiary/aromatic N) is 1. The number of rotatable bonds is 1. The van der Waals surface area contributed by atoms with Crippen LogP contribution in [0.25, 0.3) is 10.9 Å². The third-order valence-electron chi connectivity index (χ3n) is 2.32. The van der Waals surface area contributed by atoms with Gasteiger partial charge in [0.1, 0.15) is 5.82 Å². The molecule has 0 amide bonds. The van der Waals surface area contributed by atoms with Gasteiger partial charge in [0, 0.05) is 5.39 Å². The van der Waals surface area contributed by atoms with Crippen molar-refractivity contribution in [2.24, 2.45) is 5.84 Å². The van der Waals surface area contributed by atoms with E-state index in [4.69, 9.17) is 5.84 Å². The third-order valence-corrected chi connectivity index (χ3v) is 2.32. The van der Waals surface area contributed by atoms with Crippen molar-refractivity contribution in [3.8, 4) is 0 Å². The molecule has 2 aromatic rings. The van der Waals surface area contributed by atoms with Gasteiger partial charge in [-0.1, -0.05) is 12.1 Å². The van der Waals surface area contributed by atoms with E-state index in [1.807, 2.05) is 6.07 Å². The molecule has 1 aromatic carbocycles. The van der Waals surface area contributed by atoms with Gasteiger partial charge in [-0.25, -0.2) is 10.8 Å². The molecule has 0 aliphatic heterocycles. The molecule has 0 fully saturated rings. The number of nitrogens with one attached hydrogen (secondary N) is 1. The summed E-state index contributed by atoms with van der Waals surface area (Å²) < 4.78 is 0. The highest BCUT2D eigenvalue weighted by Gasteiger charge is 2.01. The van der Waals surface area contributed by atoms with Crippen LogP contribution in [0.4, 0.5) is 5.82 Å². The van der Waals surface area contributed by atoms with Crippen LogP contribution in [0.1, 0.15) is 11.1 Å². The lowest BCUT2D eigenvalue weighted by Gasteiger charge is -2.06. The Balaban J connectivity index is 2.77. The molecule has 1 aromatic heterocycles. The van der Waals surface area contributed by atoms with E-state index >= 15 is 0 Å². The summed E-state index contributed by atoms with van der Waals surface area (Å²) in [6.45, 7) is 4.11. The maximum atomic E-state index is 5.34. The summed E-state index contributed by atoms with van der Waals surface area (Å²) in [6, 6.07) is 8.18. The predicted octanol–water partition coefficient (Wildman–Crippen LogP) is 2.14. The minimum atomic E-state index is 0.709. The van der Waals surface area contributed by atoms with E-state index in [-0.39, 0.29) is 0 Å². The number of nitrogen functional groups attached to an aromatic ring is 1. The zero-order valence-electron chi connectivity index (χ0n) is 8.33. The second-order valence-corrected chi connectivity index (χ2v) is 3.49. The molecule has 0 atom stereocenters. The van der Waals surface area contributed by atoms with Crippen molar-refractivity contribution in [1.82, 2.24) is 4.98 Å². The monoisotopic (exact) mass is 187 g/mol. The first-order chi connectivity index (χ1) is 6.70. The Bertz CT molecular complexity index is 477. The fourth-order valence-corrected chi connectivity index (χ4v) is 1.59. The van der Waals surface area contributed by atoms with Gasteiger partial charge in [0.25, 0.3) is 0 Å². The van der Waals surface area contributed by atoms with Crippen LogP contribution >= 0.6 is 0 Å². The lowest BCUT2D eigenvalue weighted by atomic mass is 10.1. The number of hydrogen-bond acceptors (Lipinski definition) is 3. The fourth-order valence-electron chi connectivity index (χ4n) is 1.59. The van der Waals surface area contributed by atoms with Gasteiger partial charge in [-0.3, -0.25) is 0 Å². The number of pyridine rings is 1. The second kappa shape index (κ2) is 3.27. The number of nitrogens with two attached hydrogens (primary N) is 1. The van der Waals surface area contributed by atoms with Crippen LogP contribution < -0.4 is 11.3 Å². The zero-order valence-corrected chi connectivity index (χ0v) is 8.33. The maximum Gasteiger partial charge on any atom is 0.140 e. The van der Waals surface area contributed by atoms with Gasteiger partial charge in [-0.15, -0.1) is 0 Å². The van der Waals surface area contributed by atoms with Gasteiger partial charge in [0.2, 0.25) is 0 Å². The first-order valence-electron chi connectivity index (χ1n) is 4.55. The minimum absolute atomic E-state index is 0.709. The second-order valence-electron chi connectivity index (χ2n) is 3.49. The van der Waals surface area contributed by atoms with Crippen LogP contribution in [0.3, 0.4) is 0 Å². The number of aryl methyl sites for hydroxylation is 2. The smallest absolute Gasteiger partial charge is 0.140 e. The average Bonchev–Trinajstić information content (AvgIpc) is 2.16. The molecule has 14 heavy (non-hydrogen) atoms. The molecule has 0 aliphatic rings. The quantitative estimate of drug-likeness (QED) is 0.531. The Morgan fingerprint density at radius 2 is 2.00 bits per heavy atom. The Hall–Kier alpha value is -1.61. The normalized spacial score (nSPS) is 10.5. The van der Waals surface area contributed by atoms with Gasteiger partial charge in [-0.2, -0.15) is 0 Å². The first-order valence-corrected chi connectivity index (χ1v) is 4.55. The molecule has 2 rings (SSSR count). The van der Waals surface area contributed by atoms with Crippen LogP contribution in [0, 0.1) is 13.8 Å². The molecule has 0 aliphatic carbocycles. The number of fused-ring (bicyclic) bond motifs is 1. The number of benzene rings is 1. The van der Waals surface area contributed by atoms with Gasteiger partial charge in [0.05, 0.1) is 5.52 Å². The zero-order chi connectivity index (χ0) is 10.1. The third kappa shape index (κ3) is 1.42. The van der Waals surface area contributed by atoms with Crippen molar-refractivity contribution < 1.29 is 0 Å². The molecule has 0 saturated heterocycles. The summed E-state index contributed by atoms with van der Waals surface area (Å²) in [5, 5.41) is 1.18. The Kier molecular flexibility index (Phi) is 2.09. The van der Waals surface area contributed by atoms with E-state index in [1.165, 1.54) is 16.5 Å². The molecular formula is C11H13N3. The van der Waals surface area contributed by atoms with Gasteiger partial charge < -0.3 is 5.43 Å². The molecule has 0 unspecified atom stereocenters. The number of hydrazine groups is 1.